The third kappa shape index (κ3) is 19.4. The van der Waals surface area contributed by atoms with Crippen LogP contribution in [0.3, 0.4) is 0 Å². The summed E-state index contributed by atoms with van der Waals surface area (Å²) in [6, 6.07) is 0. The van der Waals surface area contributed by atoms with Crippen molar-refractivity contribution in [3.05, 3.63) is 18.7 Å². The van der Waals surface area contributed by atoms with Gasteiger partial charge in [0.25, 0.3) is 0 Å². The molecule has 0 bridgehead atoms. The van der Waals surface area contributed by atoms with E-state index in [0.29, 0.717) is 0 Å². The van der Waals surface area contributed by atoms with Crippen molar-refractivity contribution in [2.75, 3.05) is 0 Å². The van der Waals surface area contributed by atoms with Crippen LogP contribution in [0.5, 0.6) is 0 Å². The third-order valence-corrected chi connectivity index (χ3v) is 6.42. The summed E-state index contributed by atoms with van der Waals surface area (Å²) in [7, 11) is 0. The number of nitrogens with one attached hydrogen (secondary N) is 1. The maximum Gasteiger partial charge on any atom is 0.0919 e. The average Bonchev–Trinajstić information content (AvgIpc) is 3.28. The molecule has 2 unspecified atom stereocenters. The topological polar surface area (TPSA) is 28.7 Å². The maximum absolute atomic E-state index is 3.67. The lowest BCUT2D eigenvalue weighted by Gasteiger charge is -2.26. The molecule has 0 amide bonds. The summed E-state index contributed by atoms with van der Waals surface area (Å²) >= 11 is 0. The van der Waals surface area contributed by atoms with Crippen molar-refractivity contribution in [1.82, 2.24) is 9.97 Å². The summed E-state index contributed by atoms with van der Waals surface area (Å²) in [5, 5.41) is 0. The highest BCUT2D eigenvalue weighted by atomic mass is 79.9. The predicted molar refractivity (Wildman–Crippen MR) is 135 cm³/mol. The van der Waals surface area contributed by atoms with E-state index in [1.165, 1.54) is 122 Å². The average molecular weight is 472 g/mol. The minimum Gasteiger partial charge on any atom is -0.351 e. The summed E-state index contributed by atoms with van der Waals surface area (Å²) in [6.45, 7) is 4.76. The van der Waals surface area contributed by atoms with E-state index in [-0.39, 0.29) is 17.0 Å². The van der Waals surface area contributed by atoms with Gasteiger partial charge in [0.05, 0.1) is 6.33 Å². The summed E-state index contributed by atoms with van der Waals surface area (Å²) in [5.74, 6) is 2.09. The van der Waals surface area contributed by atoms with Crippen LogP contribution in [0.4, 0.5) is 0 Å². The molecule has 1 aliphatic carbocycles. The van der Waals surface area contributed by atoms with Gasteiger partial charge in [0.15, 0.2) is 0 Å². The molecule has 0 aromatic carbocycles. The van der Waals surface area contributed by atoms with Crippen LogP contribution in [0.15, 0.2) is 18.7 Å². The fourth-order valence-electron chi connectivity index (χ4n) is 4.66. The van der Waals surface area contributed by atoms with Gasteiger partial charge in [0.1, 0.15) is 0 Å². The highest BCUT2D eigenvalue weighted by molar-refractivity contribution is 8.93. The molecule has 2 nitrogen and oxygen atoms in total. The Hall–Kier alpha value is -0.310. The lowest BCUT2D eigenvalue weighted by Crippen LogP contribution is -2.12. The number of hydrogen-bond acceptors (Lipinski definition) is 1. The van der Waals surface area contributed by atoms with E-state index in [1.807, 2.05) is 0 Å². The largest absolute Gasteiger partial charge is 0.351 e. The zero-order valence-corrected chi connectivity index (χ0v) is 21.4. The molecule has 2 rings (SSSR count). The first-order chi connectivity index (χ1) is 13.8. The molecule has 1 aromatic rings. The minimum absolute atomic E-state index is 0. The summed E-state index contributed by atoms with van der Waals surface area (Å²) in [6.07, 6.45) is 33.4. The second-order valence-corrected chi connectivity index (χ2v) is 9.28. The van der Waals surface area contributed by atoms with Crippen LogP contribution in [0, 0.1) is 11.8 Å². The molecule has 1 N–H and O–H groups in total. The first-order valence-corrected chi connectivity index (χ1v) is 12.8. The molecular weight excluding hydrogens is 420 g/mol. The van der Waals surface area contributed by atoms with Gasteiger partial charge in [-0.15, -0.1) is 17.0 Å². The molecule has 1 aromatic heterocycles. The van der Waals surface area contributed by atoms with Crippen molar-refractivity contribution in [2.45, 2.75) is 136 Å². The summed E-state index contributed by atoms with van der Waals surface area (Å²) in [5.41, 5.74) is 0. The van der Waals surface area contributed by atoms with Gasteiger partial charge in [-0.25, -0.2) is 4.98 Å². The van der Waals surface area contributed by atoms with E-state index >= 15 is 0 Å². The van der Waals surface area contributed by atoms with Gasteiger partial charge in [0, 0.05) is 12.4 Å². The van der Waals surface area contributed by atoms with Gasteiger partial charge in [-0.2, -0.15) is 0 Å². The first kappa shape index (κ1) is 28.7. The number of rotatable bonds is 15. The van der Waals surface area contributed by atoms with E-state index in [2.05, 4.69) is 23.8 Å². The molecule has 1 fully saturated rings. The predicted octanol–water partition coefficient (Wildman–Crippen LogP) is 9.67. The molecular formula is C26H51BrN2. The molecule has 0 aliphatic heterocycles. The Bertz CT molecular complexity index is 376. The number of aromatic amines is 1. The smallest absolute Gasteiger partial charge is 0.0919 e. The fraction of sp³-hybridized carbons (Fsp3) is 0.885. The molecule has 0 spiro atoms. The van der Waals surface area contributed by atoms with Gasteiger partial charge < -0.3 is 4.98 Å². The molecule has 2 atom stereocenters. The van der Waals surface area contributed by atoms with E-state index < -0.39 is 0 Å². The zero-order chi connectivity index (χ0) is 20.1. The molecule has 1 heterocycles. The van der Waals surface area contributed by atoms with Gasteiger partial charge in [-0.05, 0) is 18.3 Å². The van der Waals surface area contributed by atoms with Gasteiger partial charge in [0.2, 0.25) is 0 Å². The zero-order valence-electron chi connectivity index (χ0n) is 19.7. The molecule has 172 valence electrons. The monoisotopic (exact) mass is 470 g/mol. The van der Waals surface area contributed by atoms with Crippen LogP contribution >= 0.6 is 17.0 Å². The first-order valence-electron chi connectivity index (χ1n) is 12.8. The standard InChI is InChI=1S/C23H46.C3H4N2.BrH/c1-3-4-5-6-7-8-9-10-11-12-13-14-15-16-19-23-20-17-18-22(2)21-23;1-2-5-3-4-1;/h22-23H,3-21H2,1-2H3;1-3H,(H,4,5);1H. The fourth-order valence-corrected chi connectivity index (χ4v) is 4.66. The Morgan fingerprint density at radius 1 is 0.793 bits per heavy atom. The van der Waals surface area contributed by atoms with Gasteiger partial charge in [-0.3, -0.25) is 0 Å². The Labute approximate surface area is 193 Å². The number of unbranched alkanes of at least 4 members (excludes halogenated alkanes) is 13. The molecule has 0 saturated heterocycles. The number of hydrogen-bond donors (Lipinski definition) is 1. The van der Waals surface area contributed by atoms with E-state index in [0.717, 1.165) is 11.8 Å². The second-order valence-electron chi connectivity index (χ2n) is 9.28. The number of aromatic nitrogens is 2. The highest BCUT2D eigenvalue weighted by Crippen LogP contribution is 2.32. The summed E-state index contributed by atoms with van der Waals surface area (Å²) in [4.78, 5) is 6.42. The molecule has 0 radical (unpaired) electrons. The van der Waals surface area contributed by atoms with Crippen molar-refractivity contribution in [3.63, 3.8) is 0 Å². The number of imidazole rings is 1. The van der Waals surface area contributed by atoms with Crippen LogP contribution < -0.4 is 0 Å². The van der Waals surface area contributed by atoms with Crippen molar-refractivity contribution < 1.29 is 0 Å². The normalized spacial score (nSPS) is 18.6. The molecule has 3 heteroatoms. The number of nitrogens with zero attached hydrogens (tertiary/aromatic N) is 1. The molecule has 1 saturated carbocycles. The van der Waals surface area contributed by atoms with Crippen molar-refractivity contribution >= 4 is 17.0 Å². The van der Waals surface area contributed by atoms with E-state index in [4.69, 9.17) is 0 Å². The van der Waals surface area contributed by atoms with E-state index in [9.17, 15) is 0 Å². The van der Waals surface area contributed by atoms with Crippen LogP contribution in [-0.4, -0.2) is 9.97 Å². The number of halogens is 1. The van der Waals surface area contributed by atoms with Crippen LogP contribution in [0.25, 0.3) is 0 Å². The number of H-pyrrole nitrogens is 1. The van der Waals surface area contributed by atoms with Crippen LogP contribution in [0.1, 0.15) is 136 Å². The lowest BCUT2D eigenvalue weighted by molar-refractivity contribution is 0.263. The Kier molecular flexibility index (Phi) is 22.1. The Morgan fingerprint density at radius 3 is 1.76 bits per heavy atom. The Morgan fingerprint density at radius 2 is 1.34 bits per heavy atom. The third-order valence-electron chi connectivity index (χ3n) is 6.42. The lowest BCUT2D eigenvalue weighted by atomic mass is 9.80. The Balaban J connectivity index is 0.00000113. The second kappa shape index (κ2) is 22.4. The SMILES string of the molecule is Br.CCCCCCCCCCCCCCCCC1CCCC(C)C1.c1c[nH]cn1. The van der Waals surface area contributed by atoms with Crippen LogP contribution in [-0.2, 0) is 0 Å². The van der Waals surface area contributed by atoms with Crippen molar-refractivity contribution in [1.29, 1.82) is 0 Å². The molecule has 1 aliphatic rings. The summed E-state index contributed by atoms with van der Waals surface area (Å²) < 4.78 is 0. The highest BCUT2D eigenvalue weighted by Gasteiger charge is 2.17. The molecule has 29 heavy (non-hydrogen) atoms. The van der Waals surface area contributed by atoms with Crippen molar-refractivity contribution in [3.8, 4) is 0 Å². The van der Waals surface area contributed by atoms with Crippen molar-refractivity contribution in [2.24, 2.45) is 11.8 Å². The maximum atomic E-state index is 3.67. The minimum atomic E-state index is 0. The van der Waals surface area contributed by atoms with Gasteiger partial charge >= 0.3 is 0 Å². The quantitative estimate of drug-likeness (QED) is 0.253. The van der Waals surface area contributed by atoms with E-state index in [1.54, 1.807) is 18.7 Å². The van der Waals surface area contributed by atoms with Gasteiger partial charge in [-0.1, -0.05) is 129 Å². The van der Waals surface area contributed by atoms with Crippen LogP contribution in [0.2, 0.25) is 0 Å².